The van der Waals surface area contributed by atoms with E-state index in [2.05, 4.69) is 5.32 Å². The maximum absolute atomic E-state index is 12.9. The largest absolute Gasteiger partial charge is 0.459 e. The van der Waals surface area contributed by atoms with E-state index in [0.29, 0.717) is 19.4 Å². The lowest BCUT2D eigenvalue weighted by Crippen LogP contribution is -2.46. The van der Waals surface area contributed by atoms with Crippen molar-refractivity contribution in [2.45, 2.75) is 44.7 Å². The second-order valence-corrected chi connectivity index (χ2v) is 10.5. The summed E-state index contributed by atoms with van der Waals surface area (Å²) >= 11 is 0. The minimum absolute atomic E-state index is 0.0469. The molecule has 1 aromatic carbocycles. The van der Waals surface area contributed by atoms with Crippen LogP contribution in [0, 0.1) is 0 Å². The number of nitrogens with one attached hydrogen (secondary N) is 1. The summed E-state index contributed by atoms with van der Waals surface area (Å²) in [5, 5.41) is 2.61. The van der Waals surface area contributed by atoms with Crippen LogP contribution in [0.25, 0.3) is 0 Å². The predicted octanol–water partition coefficient (Wildman–Crippen LogP) is 1.98. The molecule has 0 spiro atoms. The average molecular weight is 491 g/mol. The van der Waals surface area contributed by atoms with Gasteiger partial charge in [-0.05, 0) is 30.5 Å². The van der Waals surface area contributed by atoms with E-state index in [0.717, 1.165) is 12.0 Å². The van der Waals surface area contributed by atoms with Gasteiger partial charge in [0.25, 0.3) is 11.8 Å². The number of esters is 1. The van der Waals surface area contributed by atoms with Gasteiger partial charge in [0.2, 0.25) is 0 Å². The molecule has 1 saturated heterocycles. The van der Waals surface area contributed by atoms with Crippen LogP contribution in [0.5, 0.6) is 0 Å². The Labute approximate surface area is 199 Å². The highest BCUT2D eigenvalue weighted by molar-refractivity contribution is 7.91. The number of benzene rings is 1. The lowest BCUT2D eigenvalue weighted by Gasteiger charge is -2.28. The predicted molar refractivity (Wildman–Crippen MR) is 125 cm³/mol. The molecule has 1 aliphatic heterocycles. The van der Waals surface area contributed by atoms with Crippen molar-refractivity contribution in [3.8, 4) is 0 Å². The number of rotatable bonds is 11. The molecule has 1 aliphatic rings. The highest BCUT2D eigenvalue weighted by atomic mass is 32.2. The van der Waals surface area contributed by atoms with E-state index < -0.39 is 46.3 Å². The lowest BCUT2D eigenvalue weighted by molar-refractivity contribution is -0.154. The smallest absolute Gasteiger partial charge is 0.329 e. The van der Waals surface area contributed by atoms with Crippen molar-refractivity contribution in [2.75, 3.05) is 24.7 Å². The Kier molecular flexibility index (Phi) is 8.86. The van der Waals surface area contributed by atoms with Crippen molar-refractivity contribution in [3.05, 3.63) is 60.1 Å². The van der Waals surface area contributed by atoms with Gasteiger partial charge in [0.05, 0.1) is 17.8 Å². The Balaban J connectivity index is 1.66. The maximum Gasteiger partial charge on any atom is 0.329 e. The van der Waals surface area contributed by atoms with Gasteiger partial charge in [-0.1, -0.05) is 43.7 Å². The molecule has 0 bridgehead atoms. The SMILES string of the molecule is CCCCN(C(=O)COC(=O)[C@H](Cc1ccccc1)NC(=O)c1ccco1)C1CCS(=O)(=O)C1. The second kappa shape index (κ2) is 11.8. The zero-order valence-corrected chi connectivity index (χ0v) is 20.0. The Hall–Kier alpha value is -3.14. The van der Waals surface area contributed by atoms with Gasteiger partial charge >= 0.3 is 5.97 Å². The van der Waals surface area contributed by atoms with E-state index in [-0.39, 0.29) is 23.7 Å². The molecule has 9 nitrogen and oxygen atoms in total. The second-order valence-electron chi connectivity index (χ2n) is 8.30. The molecule has 2 atom stereocenters. The van der Waals surface area contributed by atoms with E-state index in [1.807, 2.05) is 37.3 Å². The van der Waals surface area contributed by atoms with E-state index in [1.165, 1.54) is 17.2 Å². The molecule has 0 saturated carbocycles. The van der Waals surface area contributed by atoms with Crippen molar-refractivity contribution in [1.29, 1.82) is 0 Å². The Morgan fingerprint density at radius 1 is 1.18 bits per heavy atom. The summed E-state index contributed by atoms with van der Waals surface area (Å²) in [6.45, 7) is 1.85. The van der Waals surface area contributed by atoms with Crippen molar-refractivity contribution in [1.82, 2.24) is 10.2 Å². The highest BCUT2D eigenvalue weighted by Crippen LogP contribution is 2.19. The molecular formula is C24H30N2O7S. The van der Waals surface area contributed by atoms with E-state index >= 15 is 0 Å². The van der Waals surface area contributed by atoms with Gasteiger partial charge in [-0.3, -0.25) is 9.59 Å². The summed E-state index contributed by atoms with van der Waals surface area (Å²) in [5.41, 5.74) is 0.802. The average Bonchev–Trinajstić information content (AvgIpc) is 3.48. The van der Waals surface area contributed by atoms with Gasteiger partial charge in [-0.15, -0.1) is 0 Å². The monoisotopic (exact) mass is 490 g/mol. The molecule has 1 N–H and O–H groups in total. The third-order valence-electron chi connectivity index (χ3n) is 5.68. The fraction of sp³-hybridized carbons (Fsp3) is 0.458. The molecule has 1 aromatic heterocycles. The molecule has 184 valence electrons. The number of carbonyl (C=O) groups excluding carboxylic acids is 3. The number of hydrogen-bond donors (Lipinski definition) is 1. The molecule has 2 aromatic rings. The van der Waals surface area contributed by atoms with Gasteiger partial charge in [-0.25, -0.2) is 13.2 Å². The minimum atomic E-state index is -3.17. The third-order valence-corrected chi connectivity index (χ3v) is 7.43. The molecule has 1 unspecified atom stereocenters. The summed E-state index contributed by atoms with van der Waals surface area (Å²) in [4.78, 5) is 39.8. The zero-order chi connectivity index (χ0) is 24.6. The van der Waals surface area contributed by atoms with Gasteiger partial charge < -0.3 is 19.4 Å². The molecule has 3 rings (SSSR count). The summed E-state index contributed by atoms with van der Waals surface area (Å²) in [5.74, 6) is -1.76. The molecule has 2 heterocycles. The number of sulfone groups is 1. The normalized spacial score (nSPS) is 17.6. The molecule has 0 aliphatic carbocycles. The molecule has 34 heavy (non-hydrogen) atoms. The topological polar surface area (TPSA) is 123 Å². The van der Waals surface area contributed by atoms with Crippen LogP contribution in [0.3, 0.4) is 0 Å². The number of furan rings is 1. The number of amides is 2. The van der Waals surface area contributed by atoms with Crippen LogP contribution in [0.1, 0.15) is 42.3 Å². The van der Waals surface area contributed by atoms with Gasteiger partial charge in [-0.2, -0.15) is 0 Å². The molecule has 10 heteroatoms. The standard InChI is InChI=1S/C24H30N2O7S/c1-2-3-12-26(19-11-14-34(30,31)17-19)22(27)16-33-24(29)20(15-18-8-5-4-6-9-18)25-23(28)21-10-7-13-32-21/h4-10,13,19-20H,2-3,11-12,14-17H2,1H3,(H,25,28)/t19?,20-/m0/s1. The van der Waals surface area contributed by atoms with Crippen LogP contribution in [-0.4, -0.2) is 67.8 Å². The number of hydrogen-bond acceptors (Lipinski definition) is 7. The van der Waals surface area contributed by atoms with Crippen LogP contribution >= 0.6 is 0 Å². The van der Waals surface area contributed by atoms with Crippen molar-refractivity contribution in [3.63, 3.8) is 0 Å². The van der Waals surface area contributed by atoms with Gasteiger partial charge in [0, 0.05) is 19.0 Å². The first-order chi connectivity index (χ1) is 16.3. The van der Waals surface area contributed by atoms with Crippen LogP contribution in [-0.2, 0) is 30.6 Å². The summed E-state index contributed by atoms with van der Waals surface area (Å²) in [7, 11) is -3.17. The number of ether oxygens (including phenoxy) is 1. The molecular weight excluding hydrogens is 460 g/mol. The minimum Gasteiger partial charge on any atom is -0.459 e. The molecule has 0 radical (unpaired) electrons. The third kappa shape index (κ3) is 7.18. The lowest BCUT2D eigenvalue weighted by atomic mass is 10.1. The van der Waals surface area contributed by atoms with Crippen molar-refractivity contribution < 1.29 is 32.0 Å². The summed E-state index contributed by atoms with van der Waals surface area (Å²) < 4.78 is 34.2. The Morgan fingerprint density at radius 2 is 1.94 bits per heavy atom. The Bertz CT molecular complexity index is 1070. The number of carbonyl (C=O) groups is 3. The summed E-state index contributed by atoms with van der Waals surface area (Å²) in [6.07, 6.45) is 3.45. The van der Waals surface area contributed by atoms with Crippen molar-refractivity contribution >= 4 is 27.6 Å². The number of unbranched alkanes of at least 4 members (excludes halogenated alkanes) is 1. The molecule has 2 amide bonds. The maximum atomic E-state index is 12.9. The van der Waals surface area contributed by atoms with Crippen LogP contribution < -0.4 is 5.32 Å². The van der Waals surface area contributed by atoms with Crippen LogP contribution in [0.15, 0.2) is 53.1 Å². The van der Waals surface area contributed by atoms with Crippen LogP contribution in [0.2, 0.25) is 0 Å². The van der Waals surface area contributed by atoms with E-state index in [9.17, 15) is 22.8 Å². The quantitative estimate of drug-likeness (QED) is 0.478. The first-order valence-corrected chi connectivity index (χ1v) is 13.2. The Morgan fingerprint density at radius 3 is 2.56 bits per heavy atom. The molecule has 1 fully saturated rings. The van der Waals surface area contributed by atoms with E-state index in [1.54, 1.807) is 6.07 Å². The van der Waals surface area contributed by atoms with E-state index in [4.69, 9.17) is 9.15 Å². The zero-order valence-electron chi connectivity index (χ0n) is 19.1. The fourth-order valence-corrected chi connectivity index (χ4v) is 5.59. The first-order valence-electron chi connectivity index (χ1n) is 11.3. The van der Waals surface area contributed by atoms with Gasteiger partial charge in [0.15, 0.2) is 22.2 Å². The first kappa shape index (κ1) is 25.5. The summed E-state index contributed by atoms with van der Waals surface area (Å²) in [6, 6.07) is 10.7. The number of nitrogens with zero attached hydrogens (tertiary/aromatic N) is 1. The highest BCUT2D eigenvalue weighted by Gasteiger charge is 2.35. The fourth-order valence-electron chi connectivity index (χ4n) is 3.86. The van der Waals surface area contributed by atoms with Crippen molar-refractivity contribution in [2.24, 2.45) is 0 Å². The van der Waals surface area contributed by atoms with Crippen LogP contribution in [0.4, 0.5) is 0 Å². The van der Waals surface area contributed by atoms with Gasteiger partial charge in [0.1, 0.15) is 6.04 Å².